The van der Waals surface area contributed by atoms with Gasteiger partial charge in [0.2, 0.25) is 5.78 Å². The number of hydrogen-bond acceptors (Lipinski definition) is 6. The van der Waals surface area contributed by atoms with E-state index in [1.165, 1.54) is 18.2 Å². The molecule has 1 heterocycles. The molecule has 0 bridgehead atoms. The highest BCUT2D eigenvalue weighted by Gasteiger charge is 2.28. The molecule has 0 radical (unpaired) electrons. The minimum atomic E-state index is -1.18. The molecule has 1 aromatic heterocycles. The van der Waals surface area contributed by atoms with E-state index >= 15 is 0 Å². The first-order valence-electron chi connectivity index (χ1n) is 8.23. The Kier molecular flexibility index (Phi) is 5.85. The van der Waals surface area contributed by atoms with Crippen LogP contribution >= 0.6 is 11.7 Å². The van der Waals surface area contributed by atoms with Gasteiger partial charge in [-0.1, -0.05) is 42.5 Å². The first-order chi connectivity index (χ1) is 13.5. The van der Waals surface area contributed by atoms with E-state index in [0.29, 0.717) is 0 Å². The molecule has 2 aromatic carbocycles. The molecule has 9 heteroatoms. The summed E-state index contributed by atoms with van der Waals surface area (Å²) in [6.07, 6.45) is 0.0704. The highest BCUT2D eigenvalue weighted by atomic mass is 32.1. The average Bonchev–Trinajstić information content (AvgIpc) is 3.17. The number of nitrogens with zero attached hydrogens (tertiary/aromatic N) is 2. The van der Waals surface area contributed by atoms with Crippen molar-refractivity contribution < 1.29 is 18.8 Å². The number of amides is 2. The van der Waals surface area contributed by atoms with Gasteiger partial charge in [0.25, 0.3) is 11.8 Å². The van der Waals surface area contributed by atoms with Crippen molar-refractivity contribution in [3.05, 3.63) is 71.7 Å². The maximum absolute atomic E-state index is 14.1. The Labute approximate surface area is 163 Å². The fourth-order valence-electron chi connectivity index (χ4n) is 2.62. The summed E-state index contributed by atoms with van der Waals surface area (Å²) in [6.45, 7) is 0. The summed E-state index contributed by atoms with van der Waals surface area (Å²) in [5.41, 5.74) is 5.88. The SMILES string of the molecule is NC(=O)C(=O)C(Cc1ccccc1)NC(=O)c1nsnc1-c1ccccc1F. The van der Waals surface area contributed by atoms with E-state index < -0.39 is 29.5 Å². The number of ketones is 1. The molecule has 2 amide bonds. The minimum absolute atomic E-state index is 0.0607. The molecule has 28 heavy (non-hydrogen) atoms. The molecule has 7 nitrogen and oxygen atoms in total. The van der Waals surface area contributed by atoms with Crippen molar-refractivity contribution in [2.45, 2.75) is 12.5 Å². The van der Waals surface area contributed by atoms with Crippen LogP contribution < -0.4 is 11.1 Å². The van der Waals surface area contributed by atoms with E-state index in [1.807, 2.05) is 0 Å². The number of benzene rings is 2. The van der Waals surface area contributed by atoms with Gasteiger partial charge >= 0.3 is 0 Å². The van der Waals surface area contributed by atoms with Crippen molar-refractivity contribution in [3.63, 3.8) is 0 Å². The van der Waals surface area contributed by atoms with E-state index in [2.05, 4.69) is 14.1 Å². The Balaban J connectivity index is 1.87. The number of rotatable bonds is 7. The fourth-order valence-corrected chi connectivity index (χ4v) is 3.18. The van der Waals surface area contributed by atoms with Gasteiger partial charge in [-0.15, -0.1) is 0 Å². The maximum Gasteiger partial charge on any atom is 0.287 e. The number of carbonyl (C=O) groups excluding carboxylic acids is 3. The van der Waals surface area contributed by atoms with E-state index in [4.69, 9.17) is 5.73 Å². The second-order valence-electron chi connectivity index (χ2n) is 5.89. The van der Waals surface area contributed by atoms with Gasteiger partial charge in [-0.05, 0) is 17.7 Å². The lowest BCUT2D eigenvalue weighted by Crippen LogP contribution is -2.47. The Morgan fingerprint density at radius 2 is 1.71 bits per heavy atom. The molecular formula is C19H15FN4O3S. The zero-order chi connectivity index (χ0) is 20.1. The van der Waals surface area contributed by atoms with E-state index in [0.717, 1.165) is 17.3 Å². The number of halogens is 1. The van der Waals surface area contributed by atoms with Crippen LogP contribution in [0.15, 0.2) is 54.6 Å². The summed E-state index contributed by atoms with van der Waals surface area (Å²) in [4.78, 5) is 36.3. The van der Waals surface area contributed by atoms with Crippen molar-refractivity contribution >= 4 is 29.3 Å². The molecule has 0 fully saturated rings. The Morgan fingerprint density at radius 3 is 2.39 bits per heavy atom. The van der Waals surface area contributed by atoms with Crippen LogP contribution in [-0.2, 0) is 16.0 Å². The molecule has 0 saturated heterocycles. The monoisotopic (exact) mass is 398 g/mol. The van der Waals surface area contributed by atoms with Crippen molar-refractivity contribution in [1.82, 2.24) is 14.1 Å². The smallest absolute Gasteiger partial charge is 0.287 e. The Hall–Kier alpha value is -3.46. The van der Waals surface area contributed by atoms with Crippen LogP contribution in [0.5, 0.6) is 0 Å². The molecule has 0 spiro atoms. The van der Waals surface area contributed by atoms with Gasteiger partial charge in [0.15, 0.2) is 5.69 Å². The van der Waals surface area contributed by atoms with E-state index in [1.54, 1.807) is 36.4 Å². The summed E-state index contributed by atoms with van der Waals surface area (Å²) in [7, 11) is 0. The van der Waals surface area contributed by atoms with Crippen LogP contribution in [0.25, 0.3) is 11.3 Å². The van der Waals surface area contributed by atoms with Crippen LogP contribution in [0.2, 0.25) is 0 Å². The predicted molar refractivity (Wildman–Crippen MR) is 101 cm³/mol. The van der Waals surface area contributed by atoms with Gasteiger partial charge in [0.1, 0.15) is 17.6 Å². The average molecular weight is 398 g/mol. The number of Topliss-reactive ketones (excluding diaryl/α,β-unsaturated/α-hetero) is 1. The van der Waals surface area contributed by atoms with Crippen molar-refractivity contribution in [3.8, 4) is 11.3 Å². The summed E-state index contributed by atoms with van der Waals surface area (Å²) >= 11 is 0.740. The van der Waals surface area contributed by atoms with Gasteiger partial charge in [-0.25, -0.2) is 4.39 Å². The van der Waals surface area contributed by atoms with Crippen LogP contribution in [0.4, 0.5) is 4.39 Å². The highest BCUT2D eigenvalue weighted by Crippen LogP contribution is 2.24. The minimum Gasteiger partial charge on any atom is -0.363 e. The normalized spacial score (nSPS) is 11.6. The summed E-state index contributed by atoms with van der Waals surface area (Å²) in [5, 5.41) is 2.47. The number of primary amides is 1. The highest BCUT2D eigenvalue weighted by molar-refractivity contribution is 6.99. The Bertz CT molecular complexity index is 1020. The molecule has 1 unspecified atom stereocenters. The lowest BCUT2D eigenvalue weighted by molar-refractivity contribution is -0.137. The first kappa shape index (κ1) is 19.3. The quantitative estimate of drug-likeness (QED) is 0.588. The largest absolute Gasteiger partial charge is 0.363 e. The van der Waals surface area contributed by atoms with Gasteiger partial charge in [-0.2, -0.15) is 8.75 Å². The fraction of sp³-hybridized carbons (Fsp3) is 0.105. The third-order valence-corrected chi connectivity index (χ3v) is 4.51. The third kappa shape index (κ3) is 4.26. The molecular weight excluding hydrogens is 383 g/mol. The zero-order valence-corrected chi connectivity index (χ0v) is 15.3. The van der Waals surface area contributed by atoms with Crippen LogP contribution in [0.3, 0.4) is 0 Å². The van der Waals surface area contributed by atoms with Gasteiger partial charge in [0.05, 0.1) is 11.7 Å². The molecule has 0 aliphatic rings. The third-order valence-electron chi connectivity index (χ3n) is 3.98. The number of hydrogen-bond donors (Lipinski definition) is 2. The second-order valence-corrected chi connectivity index (χ2v) is 6.41. The molecule has 0 saturated carbocycles. The molecule has 142 valence electrons. The van der Waals surface area contributed by atoms with Gasteiger partial charge in [0, 0.05) is 12.0 Å². The maximum atomic E-state index is 14.1. The van der Waals surface area contributed by atoms with Crippen LogP contribution in [0, 0.1) is 5.82 Å². The molecule has 0 aliphatic heterocycles. The summed E-state index contributed by atoms with van der Waals surface area (Å²) < 4.78 is 22.0. The van der Waals surface area contributed by atoms with Crippen molar-refractivity contribution in [2.75, 3.05) is 0 Å². The zero-order valence-electron chi connectivity index (χ0n) is 14.5. The topological polar surface area (TPSA) is 115 Å². The van der Waals surface area contributed by atoms with Crippen LogP contribution in [-0.4, -0.2) is 32.4 Å². The predicted octanol–water partition coefficient (Wildman–Crippen LogP) is 1.74. The molecule has 3 N–H and O–H groups in total. The number of carbonyl (C=O) groups is 3. The van der Waals surface area contributed by atoms with Crippen molar-refractivity contribution in [2.24, 2.45) is 5.73 Å². The molecule has 3 aromatic rings. The van der Waals surface area contributed by atoms with Crippen molar-refractivity contribution in [1.29, 1.82) is 0 Å². The molecule has 1 atom stereocenters. The number of aromatic nitrogens is 2. The number of nitrogens with one attached hydrogen (secondary N) is 1. The standard InChI is InChI=1S/C19H15FN4O3S/c20-13-9-5-4-8-12(13)15-16(24-28-23-15)19(27)22-14(17(25)18(21)26)10-11-6-2-1-3-7-11/h1-9,14H,10H2,(H2,21,26)(H,22,27). The van der Waals surface area contributed by atoms with Gasteiger partial charge < -0.3 is 11.1 Å². The first-order valence-corrected chi connectivity index (χ1v) is 8.96. The van der Waals surface area contributed by atoms with E-state index in [9.17, 15) is 18.8 Å². The molecule has 3 rings (SSSR count). The van der Waals surface area contributed by atoms with E-state index in [-0.39, 0.29) is 23.4 Å². The summed E-state index contributed by atoms with van der Waals surface area (Å²) in [5.74, 6) is -3.40. The Morgan fingerprint density at radius 1 is 1.04 bits per heavy atom. The number of nitrogens with two attached hydrogens (primary N) is 1. The summed E-state index contributed by atoms with van der Waals surface area (Å²) in [6, 6.07) is 13.5. The lowest BCUT2D eigenvalue weighted by atomic mass is 10.0. The second kappa shape index (κ2) is 8.49. The molecule has 0 aliphatic carbocycles. The van der Waals surface area contributed by atoms with Crippen LogP contribution in [0.1, 0.15) is 16.1 Å². The lowest BCUT2D eigenvalue weighted by Gasteiger charge is -2.16. The van der Waals surface area contributed by atoms with Gasteiger partial charge in [-0.3, -0.25) is 14.4 Å².